The highest BCUT2D eigenvalue weighted by molar-refractivity contribution is 6.00. The normalized spacial score (nSPS) is 15.4. The second-order valence-corrected chi connectivity index (χ2v) is 8.51. The van der Waals surface area contributed by atoms with Crippen LogP contribution >= 0.6 is 0 Å². The van der Waals surface area contributed by atoms with Gasteiger partial charge >= 0.3 is 0 Å². The number of carbonyl (C=O) groups is 1. The number of hydrogen-bond donors (Lipinski definition) is 3. The maximum absolute atomic E-state index is 15.1. The molecule has 2 aromatic heterocycles. The van der Waals surface area contributed by atoms with E-state index in [9.17, 15) is 4.79 Å². The summed E-state index contributed by atoms with van der Waals surface area (Å²) in [7, 11) is 0. The first-order valence-electron chi connectivity index (χ1n) is 11.8. The predicted molar refractivity (Wildman–Crippen MR) is 142 cm³/mol. The highest BCUT2D eigenvalue weighted by atomic mass is 19.1. The van der Waals surface area contributed by atoms with Gasteiger partial charge in [0.25, 0.3) is 0 Å². The number of ether oxygens (including phenoxy) is 1. The van der Waals surface area contributed by atoms with Crippen LogP contribution in [0.1, 0.15) is 0 Å². The van der Waals surface area contributed by atoms with Crippen LogP contribution in [0.3, 0.4) is 0 Å². The number of benzene rings is 2. The number of morpholine rings is 1. The van der Waals surface area contributed by atoms with Crippen molar-refractivity contribution in [1.29, 1.82) is 0 Å². The van der Waals surface area contributed by atoms with Crippen molar-refractivity contribution < 1.29 is 13.9 Å². The molecule has 9 nitrogen and oxygen atoms in total. The molecular formula is C27H26FN7O2. The first kappa shape index (κ1) is 24.3. The highest BCUT2D eigenvalue weighted by Gasteiger charge is 2.22. The Labute approximate surface area is 213 Å². The monoisotopic (exact) mass is 499 g/mol. The lowest BCUT2D eigenvalue weighted by Crippen LogP contribution is -2.49. The molecule has 1 aliphatic heterocycles. The number of halogens is 1. The first-order chi connectivity index (χ1) is 18.1. The summed E-state index contributed by atoms with van der Waals surface area (Å²) in [4.78, 5) is 27.3. The molecule has 3 heterocycles. The van der Waals surface area contributed by atoms with Gasteiger partial charge in [0.1, 0.15) is 5.82 Å². The fourth-order valence-corrected chi connectivity index (χ4v) is 4.27. The Morgan fingerprint density at radius 3 is 2.81 bits per heavy atom. The number of nitrogens with one attached hydrogen (secondary N) is 2. The molecule has 0 radical (unpaired) electrons. The number of fused-ring (bicyclic) bond motifs is 1. The number of anilines is 4. The lowest BCUT2D eigenvalue weighted by molar-refractivity contribution is -0.111. The van der Waals surface area contributed by atoms with Crippen LogP contribution in [-0.4, -0.2) is 53.2 Å². The fourth-order valence-electron chi connectivity index (χ4n) is 4.27. The van der Waals surface area contributed by atoms with Gasteiger partial charge in [-0.2, -0.15) is 0 Å². The van der Waals surface area contributed by atoms with E-state index < -0.39 is 5.82 Å². The molecule has 0 bridgehead atoms. The zero-order valence-corrected chi connectivity index (χ0v) is 20.0. The fraction of sp³-hybridized carbons (Fsp3) is 0.185. The van der Waals surface area contributed by atoms with Crippen LogP contribution < -0.4 is 21.3 Å². The van der Waals surface area contributed by atoms with Gasteiger partial charge in [-0.3, -0.25) is 9.78 Å². The topological polar surface area (TPSA) is 118 Å². The van der Waals surface area contributed by atoms with E-state index in [1.54, 1.807) is 24.4 Å². The van der Waals surface area contributed by atoms with Gasteiger partial charge < -0.3 is 26.0 Å². The van der Waals surface area contributed by atoms with Crippen LogP contribution in [0.2, 0.25) is 0 Å². The summed E-state index contributed by atoms with van der Waals surface area (Å²) in [6, 6.07) is 14.2. The summed E-state index contributed by atoms with van der Waals surface area (Å²) in [6.45, 7) is 6.02. The minimum Gasteiger partial charge on any atom is -0.377 e. The van der Waals surface area contributed by atoms with Gasteiger partial charge in [-0.25, -0.2) is 14.4 Å². The third-order valence-corrected chi connectivity index (χ3v) is 6.13. The molecule has 2 aromatic carbocycles. The molecule has 1 atom stereocenters. The second kappa shape index (κ2) is 10.7. The van der Waals surface area contributed by atoms with Crippen molar-refractivity contribution in [2.24, 2.45) is 5.73 Å². The number of amides is 1. The summed E-state index contributed by atoms with van der Waals surface area (Å²) in [5, 5.41) is 6.51. The van der Waals surface area contributed by atoms with Gasteiger partial charge in [0.15, 0.2) is 0 Å². The Hall–Kier alpha value is -4.41. The third kappa shape index (κ3) is 5.25. The van der Waals surface area contributed by atoms with E-state index in [-0.39, 0.29) is 17.5 Å². The lowest BCUT2D eigenvalue weighted by Gasteiger charge is -2.36. The standard InChI is InChI=1S/C27H26FN7O2/c1-2-24(36)32-19-9-10-30-23(13-19)25-22(28)8-3-17-15-31-27(34-26(17)25)33-18-4-6-20(7-5-18)35-11-12-37-16-21(35)14-29/h2-10,13,15,21H,1,11-12,14,16,29H2,(H,30,32,36)(H,31,33,34)/t21-/m0/s1. The number of nitrogens with two attached hydrogens (primary N) is 1. The zero-order valence-electron chi connectivity index (χ0n) is 20.0. The minimum absolute atomic E-state index is 0.141. The van der Waals surface area contributed by atoms with Crippen molar-refractivity contribution in [3.8, 4) is 11.3 Å². The van der Waals surface area contributed by atoms with E-state index >= 15 is 4.39 Å². The minimum atomic E-state index is -0.485. The average molecular weight is 500 g/mol. The number of pyridine rings is 1. The molecule has 0 spiro atoms. The number of nitrogens with zero attached hydrogens (tertiary/aromatic N) is 4. The second-order valence-electron chi connectivity index (χ2n) is 8.51. The van der Waals surface area contributed by atoms with Crippen LogP contribution in [-0.2, 0) is 9.53 Å². The Morgan fingerprint density at radius 2 is 2.03 bits per heavy atom. The van der Waals surface area contributed by atoms with Gasteiger partial charge in [0.05, 0.1) is 36.0 Å². The van der Waals surface area contributed by atoms with Crippen molar-refractivity contribution in [3.05, 3.63) is 79.4 Å². The lowest BCUT2D eigenvalue weighted by atomic mass is 10.1. The van der Waals surface area contributed by atoms with Gasteiger partial charge in [-0.15, -0.1) is 0 Å². The summed E-state index contributed by atoms with van der Waals surface area (Å²) in [6.07, 6.45) is 4.29. The highest BCUT2D eigenvalue weighted by Crippen LogP contribution is 2.31. The molecule has 1 aliphatic rings. The molecule has 10 heteroatoms. The molecule has 1 fully saturated rings. The van der Waals surface area contributed by atoms with E-state index in [0.29, 0.717) is 48.0 Å². The van der Waals surface area contributed by atoms with Gasteiger partial charge in [0, 0.05) is 47.9 Å². The smallest absolute Gasteiger partial charge is 0.247 e. The van der Waals surface area contributed by atoms with Crippen molar-refractivity contribution in [1.82, 2.24) is 15.0 Å². The van der Waals surface area contributed by atoms with Crippen LogP contribution in [0.25, 0.3) is 22.2 Å². The predicted octanol–water partition coefficient (Wildman–Crippen LogP) is 3.86. The molecule has 4 N–H and O–H groups in total. The first-order valence-corrected chi connectivity index (χ1v) is 11.8. The molecule has 0 unspecified atom stereocenters. The molecule has 0 aliphatic carbocycles. The van der Waals surface area contributed by atoms with Gasteiger partial charge in [0.2, 0.25) is 11.9 Å². The van der Waals surface area contributed by atoms with E-state index in [1.807, 2.05) is 24.3 Å². The van der Waals surface area contributed by atoms with Crippen LogP contribution in [0.4, 0.5) is 27.4 Å². The molecule has 188 valence electrons. The van der Waals surface area contributed by atoms with Crippen LogP contribution in [0.5, 0.6) is 0 Å². The third-order valence-electron chi connectivity index (χ3n) is 6.13. The van der Waals surface area contributed by atoms with Crippen molar-refractivity contribution >= 4 is 39.8 Å². The van der Waals surface area contributed by atoms with Crippen molar-refractivity contribution in [3.63, 3.8) is 0 Å². The maximum atomic E-state index is 15.1. The molecule has 5 rings (SSSR count). The molecule has 4 aromatic rings. The van der Waals surface area contributed by atoms with E-state index in [2.05, 4.69) is 37.1 Å². The van der Waals surface area contributed by atoms with E-state index in [1.165, 1.54) is 12.3 Å². The van der Waals surface area contributed by atoms with Gasteiger partial charge in [-0.05, 0) is 54.6 Å². The molecular weight excluding hydrogens is 473 g/mol. The van der Waals surface area contributed by atoms with Gasteiger partial charge in [-0.1, -0.05) is 6.58 Å². The summed E-state index contributed by atoms with van der Waals surface area (Å²) < 4.78 is 20.6. The molecule has 37 heavy (non-hydrogen) atoms. The van der Waals surface area contributed by atoms with Crippen LogP contribution in [0, 0.1) is 5.82 Å². The SMILES string of the molecule is C=CC(=O)Nc1ccnc(-c2c(F)ccc3cnc(Nc4ccc(N5CCOC[C@@H]5CN)cc4)nc23)c1. The summed E-state index contributed by atoms with van der Waals surface area (Å²) >= 11 is 0. The average Bonchev–Trinajstić information content (AvgIpc) is 2.93. The Bertz CT molecular complexity index is 1440. The summed E-state index contributed by atoms with van der Waals surface area (Å²) in [5.41, 5.74) is 9.16. The molecule has 1 amide bonds. The van der Waals surface area contributed by atoms with Crippen LogP contribution in [0.15, 0.2) is 73.6 Å². The number of hydrogen-bond acceptors (Lipinski definition) is 8. The van der Waals surface area contributed by atoms with E-state index in [4.69, 9.17) is 10.5 Å². The molecule has 1 saturated heterocycles. The maximum Gasteiger partial charge on any atom is 0.247 e. The number of aromatic nitrogens is 3. The number of rotatable bonds is 7. The van der Waals surface area contributed by atoms with E-state index in [0.717, 1.165) is 24.0 Å². The summed E-state index contributed by atoms with van der Waals surface area (Å²) in [5.74, 6) is -0.543. The Morgan fingerprint density at radius 1 is 1.19 bits per heavy atom. The van der Waals surface area contributed by atoms with Crippen molar-refractivity contribution in [2.45, 2.75) is 6.04 Å². The quantitative estimate of drug-likeness (QED) is 0.328. The number of carbonyl (C=O) groups excluding carboxylic acids is 1. The zero-order chi connectivity index (χ0) is 25.8. The van der Waals surface area contributed by atoms with Crippen molar-refractivity contribution in [2.75, 3.05) is 41.8 Å². The largest absolute Gasteiger partial charge is 0.377 e. The Kier molecular flexibility index (Phi) is 7.02. The molecule has 0 saturated carbocycles. The Balaban J connectivity index is 1.44.